The third kappa shape index (κ3) is 4.10. The van der Waals surface area contributed by atoms with Crippen LogP contribution in [0.25, 0.3) is 0 Å². The van der Waals surface area contributed by atoms with Gasteiger partial charge in [-0.2, -0.15) is 0 Å². The molecular weight excluding hydrogens is 316 g/mol. The van der Waals surface area contributed by atoms with E-state index < -0.39 is 5.91 Å². The van der Waals surface area contributed by atoms with Crippen molar-refractivity contribution >= 4 is 29.1 Å². The third-order valence-electron chi connectivity index (χ3n) is 4.74. The van der Waals surface area contributed by atoms with Gasteiger partial charge in [-0.05, 0) is 48.5 Å². The number of fused-ring (bicyclic) bond motifs is 2. The predicted molar refractivity (Wildman–Crippen MR) is 84.4 cm³/mol. The molecule has 0 radical (unpaired) electrons. The summed E-state index contributed by atoms with van der Waals surface area (Å²) in [5.41, 5.74) is 4.52. The van der Waals surface area contributed by atoms with E-state index in [2.05, 4.69) is 10.9 Å². The molecule has 0 saturated heterocycles. The summed E-state index contributed by atoms with van der Waals surface area (Å²) in [5.74, 6) is 0.600. The van der Waals surface area contributed by atoms with Crippen LogP contribution < -0.4 is 10.9 Å². The molecule has 124 valence electrons. The molecule has 23 heavy (non-hydrogen) atoms. The summed E-state index contributed by atoms with van der Waals surface area (Å²) in [7, 11) is 0. The van der Waals surface area contributed by atoms with Crippen molar-refractivity contribution in [2.75, 3.05) is 6.61 Å². The highest BCUT2D eigenvalue weighted by atomic mass is 32.1. The van der Waals surface area contributed by atoms with Crippen LogP contribution in [-0.4, -0.2) is 24.4 Å². The Balaban J connectivity index is 1.32. The van der Waals surface area contributed by atoms with Crippen molar-refractivity contribution in [1.29, 1.82) is 0 Å². The maximum absolute atomic E-state index is 11.8. The number of hydrogen-bond acceptors (Lipinski definition) is 5. The van der Waals surface area contributed by atoms with E-state index in [-0.39, 0.29) is 18.5 Å². The zero-order valence-corrected chi connectivity index (χ0v) is 13.6. The van der Waals surface area contributed by atoms with Crippen molar-refractivity contribution in [3.63, 3.8) is 0 Å². The predicted octanol–water partition coefficient (Wildman–Crippen LogP) is 1.88. The molecule has 2 fully saturated rings. The van der Waals surface area contributed by atoms with E-state index in [0.29, 0.717) is 23.1 Å². The van der Waals surface area contributed by atoms with Gasteiger partial charge in [0.25, 0.3) is 11.8 Å². The van der Waals surface area contributed by atoms with Gasteiger partial charge in [0.1, 0.15) is 0 Å². The lowest BCUT2D eigenvalue weighted by Crippen LogP contribution is -2.43. The second-order valence-corrected chi connectivity index (χ2v) is 7.23. The van der Waals surface area contributed by atoms with E-state index in [1.807, 2.05) is 0 Å². The maximum Gasteiger partial charge on any atom is 0.306 e. The summed E-state index contributed by atoms with van der Waals surface area (Å²) in [6.45, 7) is -0.371. The average Bonchev–Trinajstić information content (AvgIpc) is 3.27. The number of hydrazine groups is 1. The summed E-state index contributed by atoms with van der Waals surface area (Å²) in [6.07, 6.45) is 5.27. The Labute approximate surface area is 138 Å². The van der Waals surface area contributed by atoms with Gasteiger partial charge in [-0.25, -0.2) is 0 Å². The SMILES string of the molecule is O=C(COC(=O)C[C@@H]1C[C@H]2CC[C@H]1C2)NNC(=O)c1cccs1. The highest BCUT2D eigenvalue weighted by Crippen LogP contribution is 2.49. The van der Waals surface area contributed by atoms with Crippen molar-refractivity contribution in [1.82, 2.24) is 10.9 Å². The Kier molecular flexibility index (Phi) is 4.95. The summed E-state index contributed by atoms with van der Waals surface area (Å²) in [6, 6.07) is 3.40. The van der Waals surface area contributed by atoms with Crippen LogP contribution in [0.5, 0.6) is 0 Å². The first kappa shape index (κ1) is 16.0. The number of nitrogens with one attached hydrogen (secondary N) is 2. The average molecular weight is 336 g/mol. The lowest BCUT2D eigenvalue weighted by Gasteiger charge is -2.20. The number of carbonyl (C=O) groups is 3. The smallest absolute Gasteiger partial charge is 0.306 e. The Morgan fingerprint density at radius 3 is 2.74 bits per heavy atom. The molecule has 2 amide bonds. The molecule has 3 atom stereocenters. The van der Waals surface area contributed by atoms with Crippen LogP contribution in [-0.2, 0) is 14.3 Å². The second-order valence-electron chi connectivity index (χ2n) is 6.28. The molecule has 7 heteroatoms. The Bertz CT molecular complexity index is 587. The minimum absolute atomic E-state index is 0.331. The number of hydrogen-bond donors (Lipinski definition) is 2. The lowest BCUT2D eigenvalue weighted by atomic mass is 9.86. The first-order chi connectivity index (χ1) is 11.1. The molecule has 6 nitrogen and oxygen atoms in total. The minimum Gasteiger partial charge on any atom is -0.455 e. The highest BCUT2D eigenvalue weighted by molar-refractivity contribution is 7.12. The number of thiophene rings is 1. The van der Waals surface area contributed by atoms with Gasteiger partial charge in [-0.1, -0.05) is 12.5 Å². The summed E-state index contributed by atoms with van der Waals surface area (Å²) >= 11 is 1.28. The molecule has 3 rings (SSSR count). The van der Waals surface area contributed by atoms with Crippen LogP contribution in [0.15, 0.2) is 17.5 Å². The molecule has 1 aromatic heterocycles. The molecule has 1 heterocycles. The minimum atomic E-state index is -0.545. The van der Waals surface area contributed by atoms with Crippen LogP contribution in [0.4, 0.5) is 0 Å². The molecule has 0 aliphatic heterocycles. The maximum atomic E-state index is 11.8. The standard InChI is InChI=1S/C16H20N2O4S/c19-14(17-18-16(21)13-2-1-5-23-13)9-22-15(20)8-12-7-10-3-4-11(12)6-10/h1-2,5,10-12H,3-4,6-9H2,(H,17,19)(H,18,21)/t10-,11-,12-/m0/s1. The van der Waals surface area contributed by atoms with Crippen LogP contribution >= 0.6 is 11.3 Å². The van der Waals surface area contributed by atoms with Gasteiger partial charge in [0.05, 0.1) is 4.88 Å². The largest absolute Gasteiger partial charge is 0.455 e. The Morgan fingerprint density at radius 1 is 1.22 bits per heavy atom. The molecule has 2 aliphatic rings. The molecule has 2 N–H and O–H groups in total. The van der Waals surface area contributed by atoms with Crippen LogP contribution in [0.1, 0.15) is 41.8 Å². The molecule has 2 saturated carbocycles. The number of esters is 1. The normalized spacial score (nSPS) is 25.1. The van der Waals surface area contributed by atoms with Crippen molar-refractivity contribution < 1.29 is 19.1 Å². The van der Waals surface area contributed by atoms with Crippen molar-refractivity contribution in [2.24, 2.45) is 17.8 Å². The molecule has 1 aromatic rings. The Morgan fingerprint density at radius 2 is 2.09 bits per heavy atom. The van der Waals surface area contributed by atoms with Gasteiger partial charge in [-0.15, -0.1) is 11.3 Å². The van der Waals surface area contributed by atoms with Gasteiger partial charge in [0.15, 0.2) is 6.61 Å². The van der Waals surface area contributed by atoms with E-state index in [9.17, 15) is 14.4 Å². The van der Waals surface area contributed by atoms with Crippen molar-refractivity contribution in [3.05, 3.63) is 22.4 Å². The van der Waals surface area contributed by atoms with Crippen LogP contribution in [0.3, 0.4) is 0 Å². The first-order valence-electron chi connectivity index (χ1n) is 7.90. The number of ether oxygens (including phenoxy) is 1. The fourth-order valence-electron chi connectivity index (χ4n) is 3.68. The van der Waals surface area contributed by atoms with Crippen LogP contribution in [0.2, 0.25) is 0 Å². The summed E-state index contributed by atoms with van der Waals surface area (Å²) < 4.78 is 5.00. The number of rotatable bonds is 5. The molecular formula is C16H20N2O4S. The third-order valence-corrected chi connectivity index (χ3v) is 5.61. The van der Waals surface area contributed by atoms with Gasteiger partial charge in [-0.3, -0.25) is 25.2 Å². The van der Waals surface area contributed by atoms with Gasteiger partial charge in [0.2, 0.25) is 0 Å². The lowest BCUT2D eigenvalue weighted by molar-refractivity contribution is -0.150. The van der Waals surface area contributed by atoms with Crippen LogP contribution in [0, 0.1) is 17.8 Å². The number of carbonyl (C=O) groups excluding carboxylic acids is 3. The first-order valence-corrected chi connectivity index (χ1v) is 8.78. The van der Waals surface area contributed by atoms with E-state index in [1.165, 1.54) is 30.6 Å². The monoisotopic (exact) mass is 336 g/mol. The fraction of sp³-hybridized carbons (Fsp3) is 0.562. The second kappa shape index (κ2) is 7.12. The summed E-state index contributed by atoms with van der Waals surface area (Å²) in [5, 5.41) is 1.77. The van der Waals surface area contributed by atoms with Crippen molar-refractivity contribution in [2.45, 2.75) is 32.1 Å². The highest BCUT2D eigenvalue weighted by Gasteiger charge is 2.40. The Hall–Kier alpha value is -1.89. The molecule has 0 spiro atoms. The van der Waals surface area contributed by atoms with Gasteiger partial charge >= 0.3 is 5.97 Å². The van der Waals surface area contributed by atoms with E-state index in [4.69, 9.17) is 4.74 Å². The molecule has 2 bridgehead atoms. The number of amides is 2. The topological polar surface area (TPSA) is 84.5 Å². The fourth-order valence-corrected chi connectivity index (χ4v) is 4.30. The van der Waals surface area contributed by atoms with E-state index in [0.717, 1.165) is 12.3 Å². The zero-order valence-electron chi connectivity index (χ0n) is 12.7. The van der Waals surface area contributed by atoms with Gasteiger partial charge in [0, 0.05) is 6.42 Å². The zero-order chi connectivity index (χ0) is 16.2. The van der Waals surface area contributed by atoms with Gasteiger partial charge < -0.3 is 4.74 Å². The van der Waals surface area contributed by atoms with E-state index >= 15 is 0 Å². The van der Waals surface area contributed by atoms with Crippen molar-refractivity contribution in [3.8, 4) is 0 Å². The molecule has 0 aromatic carbocycles. The van der Waals surface area contributed by atoms with E-state index in [1.54, 1.807) is 17.5 Å². The summed E-state index contributed by atoms with van der Waals surface area (Å²) in [4.78, 5) is 35.5. The quantitative estimate of drug-likeness (QED) is 0.635. The molecule has 2 aliphatic carbocycles. The molecule has 0 unspecified atom stereocenters.